The summed E-state index contributed by atoms with van der Waals surface area (Å²) in [7, 11) is 3.12. The van der Waals surface area contributed by atoms with E-state index in [1.165, 1.54) is 7.11 Å². The van der Waals surface area contributed by atoms with E-state index in [1.54, 1.807) is 13.2 Å². The summed E-state index contributed by atoms with van der Waals surface area (Å²) in [5, 5.41) is 2.93. The Morgan fingerprint density at radius 2 is 1.89 bits per heavy atom. The van der Waals surface area contributed by atoms with Crippen molar-refractivity contribution in [1.29, 1.82) is 0 Å². The maximum atomic E-state index is 12.8. The Morgan fingerprint density at radius 3 is 2.63 bits per heavy atom. The number of amides is 1. The van der Waals surface area contributed by atoms with Crippen LogP contribution >= 0.6 is 0 Å². The van der Waals surface area contributed by atoms with Crippen molar-refractivity contribution >= 4 is 5.91 Å². The summed E-state index contributed by atoms with van der Waals surface area (Å²) in [6, 6.07) is 5.52. The van der Waals surface area contributed by atoms with Crippen molar-refractivity contribution in [3.8, 4) is 23.1 Å². The van der Waals surface area contributed by atoms with E-state index in [-0.39, 0.29) is 5.91 Å². The molecule has 1 aromatic heterocycles. The van der Waals surface area contributed by atoms with Gasteiger partial charge < -0.3 is 24.3 Å². The molecule has 0 spiro atoms. The Bertz CT molecular complexity index is 881. The number of carbonyl (C=O) groups is 1. The Morgan fingerprint density at radius 1 is 1.11 bits per heavy atom. The molecule has 1 aliphatic carbocycles. The Balaban J connectivity index is 1.55. The summed E-state index contributed by atoms with van der Waals surface area (Å²) >= 11 is 0. The second-order valence-corrected chi connectivity index (χ2v) is 6.49. The normalized spacial score (nSPS) is 14.4. The number of carbonyl (C=O) groups excluding carboxylic acids is 1. The van der Waals surface area contributed by atoms with E-state index >= 15 is 0 Å². The SMILES string of the molecule is COc1cc2c(cc1CNC(=O)c1cc3c(nc1OC)CCC3)OCCO2. The van der Waals surface area contributed by atoms with Crippen molar-refractivity contribution in [2.45, 2.75) is 25.8 Å². The van der Waals surface area contributed by atoms with Gasteiger partial charge in [0.15, 0.2) is 11.5 Å². The summed E-state index contributed by atoms with van der Waals surface area (Å²) in [6.07, 6.45) is 2.94. The van der Waals surface area contributed by atoms with Gasteiger partial charge in [0.05, 0.1) is 14.2 Å². The number of methoxy groups -OCH3 is 2. The fourth-order valence-corrected chi connectivity index (χ4v) is 3.48. The monoisotopic (exact) mass is 370 g/mol. The molecular formula is C20H22N2O5. The Kier molecular flexibility index (Phi) is 4.75. The first-order chi connectivity index (χ1) is 13.2. The number of nitrogens with one attached hydrogen (secondary N) is 1. The number of hydrogen-bond acceptors (Lipinski definition) is 6. The highest BCUT2D eigenvalue weighted by molar-refractivity contribution is 5.96. The zero-order chi connectivity index (χ0) is 18.8. The van der Waals surface area contributed by atoms with Crippen LogP contribution in [0.2, 0.25) is 0 Å². The minimum Gasteiger partial charge on any atom is -0.496 e. The third-order valence-corrected chi connectivity index (χ3v) is 4.84. The van der Waals surface area contributed by atoms with Gasteiger partial charge in [-0.25, -0.2) is 4.98 Å². The quantitative estimate of drug-likeness (QED) is 0.870. The van der Waals surface area contributed by atoms with Gasteiger partial charge >= 0.3 is 0 Å². The van der Waals surface area contributed by atoms with Gasteiger partial charge in [-0.15, -0.1) is 0 Å². The molecule has 2 heterocycles. The number of aromatic nitrogens is 1. The molecular weight excluding hydrogens is 348 g/mol. The molecule has 0 radical (unpaired) electrons. The number of nitrogens with zero attached hydrogens (tertiary/aromatic N) is 1. The molecule has 4 rings (SSSR count). The highest BCUT2D eigenvalue weighted by Crippen LogP contribution is 2.36. The first-order valence-electron chi connectivity index (χ1n) is 9.01. The molecule has 27 heavy (non-hydrogen) atoms. The highest BCUT2D eigenvalue weighted by atomic mass is 16.6. The van der Waals surface area contributed by atoms with Crippen LogP contribution < -0.4 is 24.3 Å². The molecule has 2 aromatic rings. The lowest BCUT2D eigenvalue weighted by Gasteiger charge is -2.21. The van der Waals surface area contributed by atoms with E-state index in [1.807, 2.05) is 12.1 Å². The fraction of sp³-hybridized carbons (Fsp3) is 0.400. The molecule has 1 amide bonds. The van der Waals surface area contributed by atoms with Crippen molar-refractivity contribution in [3.05, 3.63) is 40.6 Å². The lowest BCUT2D eigenvalue weighted by molar-refractivity contribution is 0.0946. The molecule has 0 fully saturated rings. The first kappa shape index (κ1) is 17.5. The average Bonchev–Trinajstić information content (AvgIpc) is 3.17. The Hall–Kier alpha value is -2.96. The van der Waals surface area contributed by atoms with Crippen LogP contribution in [-0.2, 0) is 19.4 Å². The summed E-state index contributed by atoms with van der Waals surface area (Å²) < 4.78 is 22.0. The van der Waals surface area contributed by atoms with Gasteiger partial charge in [-0.05, 0) is 37.0 Å². The van der Waals surface area contributed by atoms with E-state index in [0.29, 0.717) is 48.5 Å². The van der Waals surface area contributed by atoms with Crippen molar-refractivity contribution in [1.82, 2.24) is 10.3 Å². The van der Waals surface area contributed by atoms with Gasteiger partial charge in [0.25, 0.3) is 5.91 Å². The summed E-state index contributed by atoms with van der Waals surface area (Å²) in [4.78, 5) is 17.3. The number of fused-ring (bicyclic) bond motifs is 2. The number of ether oxygens (including phenoxy) is 4. The lowest BCUT2D eigenvalue weighted by atomic mass is 10.1. The second-order valence-electron chi connectivity index (χ2n) is 6.49. The minimum absolute atomic E-state index is 0.231. The molecule has 1 aliphatic heterocycles. The maximum Gasteiger partial charge on any atom is 0.257 e. The molecule has 0 saturated carbocycles. The van der Waals surface area contributed by atoms with E-state index in [4.69, 9.17) is 18.9 Å². The minimum atomic E-state index is -0.231. The lowest BCUT2D eigenvalue weighted by Crippen LogP contribution is -2.24. The third kappa shape index (κ3) is 3.37. The molecule has 7 nitrogen and oxygen atoms in total. The third-order valence-electron chi connectivity index (χ3n) is 4.84. The standard InChI is InChI=1S/C20H22N2O5/c1-24-16-10-18-17(26-6-7-27-18)9-13(16)11-21-19(23)14-8-12-4-3-5-15(12)22-20(14)25-2/h8-10H,3-7,11H2,1-2H3,(H,21,23). The molecule has 1 N–H and O–H groups in total. The molecule has 0 saturated heterocycles. The number of hydrogen-bond donors (Lipinski definition) is 1. The van der Waals surface area contributed by atoms with Gasteiger partial charge in [0.1, 0.15) is 24.5 Å². The molecule has 2 aliphatic rings. The van der Waals surface area contributed by atoms with Crippen LogP contribution in [0.25, 0.3) is 0 Å². The number of aryl methyl sites for hydroxylation is 2. The van der Waals surface area contributed by atoms with Crippen molar-refractivity contribution in [2.24, 2.45) is 0 Å². The van der Waals surface area contributed by atoms with Crippen LogP contribution in [0, 0.1) is 0 Å². The number of benzene rings is 1. The van der Waals surface area contributed by atoms with Gasteiger partial charge in [-0.1, -0.05) is 0 Å². The van der Waals surface area contributed by atoms with Crippen LogP contribution in [0.1, 0.15) is 33.6 Å². The van der Waals surface area contributed by atoms with Crippen LogP contribution in [0.15, 0.2) is 18.2 Å². The van der Waals surface area contributed by atoms with Crippen LogP contribution in [-0.4, -0.2) is 38.3 Å². The summed E-state index contributed by atoms with van der Waals surface area (Å²) in [6.45, 7) is 1.30. The molecule has 1 aromatic carbocycles. The smallest absolute Gasteiger partial charge is 0.257 e. The van der Waals surface area contributed by atoms with Gasteiger partial charge in [-0.2, -0.15) is 0 Å². The van der Waals surface area contributed by atoms with Crippen LogP contribution in [0.5, 0.6) is 23.1 Å². The predicted octanol–water partition coefficient (Wildman–Crippen LogP) is 2.29. The van der Waals surface area contributed by atoms with Crippen molar-refractivity contribution in [3.63, 3.8) is 0 Å². The zero-order valence-electron chi connectivity index (χ0n) is 15.5. The second kappa shape index (κ2) is 7.34. The largest absolute Gasteiger partial charge is 0.496 e. The molecule has 142 valence electrons. The van der Waals surface area contributed by atoms with E-state index in [9.17, 15) is 4.79 Å². The van der Waals surface area contributed by atoms with Gasteiger partial charge in [0, 0.05) is 23.9 Å². The highest BCUT2D eigenvalue weighted by Gasteiger charge is 2.22. The average molecular weight is 370 g/mol. The van der Waals surface area contributed by atoms with Crippen LogP contribution in [0.3, 0.4) is 0 Å². The Labute approximate surface area is 157 Å². The number of pyridine rings is 1. The molecule has 0 atom stereocenters. The first-order valence-corrected chi connectivity index (χ1v) is 9.01. The predicted molar refractivity (Wildman–Crippen MR) is 98.0 cm³/mol. The molecule has 7 heteroatoms. The van der Waals surface area contributed by atoms with Crippen molar-refractivity contribution < 1.29 is 23.7 Å². The summed E-state index contributed by atoms with van der Waals surface area (Å²) in [5.41, 5.74) is 3.41. The molecule has 0 bridgehead atoms. The maximum absolute atomic E-state index is 12.8. The molecule has 0 unspecified atom stereocenters. The van der Waals surface area contributed by atoms with E-state index in [0.717, 1.165) is 36.1 Å². The fourth-order valence-electron chi connectivity index (χ4n) is 3.48. The zero-order valence-corrected chi connectivity index (χ0v) is 15.5. The topological polar surface area (TPSA) is 78.9 Å². The van der Waals surface area contributed by atoms with E-state index in [2.05, 4.69) is 10.3 Å². The van der Waals surface area contributed by atoms with E-state index < -0.39 is 0 Å². The van der Waals surface area contributed by atoms with Crippen molar-refractivity contribution in [2.75, 3.05) is 27.4 Å². The number of rotatable bonds is 5. The van der Waals surface area contributed by atoms with Gasteiger partial charge in [-0.3, -0.25) is 4.79 Å². The summed E-state index contributed by atoms with van der Waals surface area (Å²) in [5.74, 6) is 2.08. The van der Waals surface area contributed by atoms with Gasteiger partial charge in [0.2, 0.25) is 5.88 Å². The van der Waals surface area contributed by atoms with Crippen LogP contribution in [0.4, 0.5) is 0 Å².